The van der Waals surface area contributed by atoms with Crippen molar-refractivity contribution in [3.05, 3.63) is 82.1 Å². The van der Waals surface area contributed by atoms with Crippen molar-refractivity contribution >= 4 is 46.5 Å². The van der Waals surface area contributed by atoms with Gasteiger partial charge in [-0.2, -0.15) is 10.2 Å². The maximum atomic E-state index is 14.0. The number of allylic oxidation sites excluding steroid dienone is 1. The maximum Gasteiger partial charge on any atom is 0.259 e. The molecule has 0 aliphatic rings. The Labute approximate surface area is 242 Å². The molecule has 41 heavy (non-hydrogen) atoms. The standard InChI is InChI=1S/C29H33N9O2S/c1-7-13-31-27-25(26(30)34-37(27)6)28(39)33-19(2)23-16-22-10-8-9-21(12-11-20-17-32-36(5)18-20)24(22)29(40)38(23)14-15-41-35(3)4/h7-10,13,16-19H,1,14-15H2,2-6H3,(H2,30,34)(H,33,39)/b31-13-. The van der Waals surface area contributed by atoms with Gasteiger partial charge in [0, 0.05) is 50.1 Å². The van der Waals surface area contributed by atoms with Crippen LogP contribution in [-0.4, -0.2) is 60.4 Å². The van der Waals surface area contributed by atoms with Crippen molar-refractivity contribution in [3.8, 4) is 11.8 Å². The molecular weight excluding hydrogens is 538 g/mol. The summed E-state index contributed by atoms with van der Waals surface area (Å²) in [7, 11) is 7.39. The molecule has 4 aromatic rings. The van der Waals surface area contributed by atoms with Crippen LogP contribution in [0.15, 0.2) is 59.1 Å². The zero-order valence-electron chi connectivity index (χ0n) is 23.8. The van der Waals surface area contributed by atoms with Crippen LogP contribution in [0.2, 0.25) is 0 Å². The summed E-state index contributed by atoms with van der Waals surface area (Å²) in [6.45, 7) is 5.89. The van der Waals surface area contributed by atoms with E-state index in [1.54, 1.807) is 34.4 Å². The monoisotopic (exact) mass is 571 g/mol. The minimum Gasteiger partial charge on any atom is -0.381 e. The molecule has 0 aliphatic heterocycles. The van der Waals surface area contributed by atoms with Crippen LogP contribution < -0.4 is 16.6 Å². The molecule has 1 unspecified atom stereocenters. The van der Waals surface area contributed by atoms with Gasteiger partial charge < -0.3 is 15.6 Å². The van der Waals surface area contributed by atoms with E-state index in [4.69, 9.17) is 5.73 Å². The maximum absolute atomic E-state index is 14.0. The van der Waals surface area contributed by atoms with Gasteiger partial charge in [-0.25, -0.2) is 9.67 Å². The second-order valence-electron chi connectivity index (χ2n) is 9.51. The lowest BCUT2D eigenvalue weighted by Gasteiger charge is -2.21. The summed E-state index contributed by atoms with van der Waals surface area (Å²) in [5, 5.41) is 12.6. The Balaban J connectivity index is 1.77. The van der Waals surface area contributed by atoms with Crippen LogP contribution in [0.3, 0.4) is 0 Å². The number of hydrogen-bond acceptors (Lipinski definition) is 8. The molecule has 1 aromatic carbocycles. The molecule has 212 valence electrons. The lowest BCUT2D eigenvalue weighted by molar-refractivity contribution is 0.0940. The van der Waals surface area contributed by atoms with E-state index in [9.17, 15) is 9.59 Å². The Kier molecular flexibility index (Phi) is 9.11. The number of carbonyl (C=O) groups excluding carboxylic acids is 1. The summed E-state index contributed by atoms with van der Waals surface area (Å²) in [6, 6.07) is 6.98. The summed E-state index contributed by atoms with van der Waals surface area (Å²) < 4.78 is 6.81. The number of nitrogen functional groups attached to an aromatic ring is 1. The highest BCUT2D eigenvalue weighted by molar-refractivity contribution is 7.96. The predicted molar refractivity (Wildman–Crippen MR) is 165 cm³/mol. The number of nitrogens with two attached hydrogens (primary N) is 1. The van der Waals surface area contributed by atoms with E-state index in [1.165, 1.54) is 17.0 Å². The van der Waals surface area contributed by atoms with Gasteiger partial charge in [-0.3, -0.25) is 18.6 Å². The van der Waals surface area contributed by atoms with Crippen molar-refractivity contribution < 1.29 is 4.79 Å². The molecule has 11 nitrogen and oxygen atoms in total. The fraction of sp³-hybridized carbons (Fsp3) is 0.276. The number of anilines is 1. The van der Waals surface area contributed by atoms with Crippen LogP contribution in [0.4, 0.5) is 11.6 Å². The van der Waals surface area contributed by atoms with Crippen molar-refractivity contribution in [1.29, 1.82) is 0 Å². The molecule has 1 atom stereocenters. The largest absolute Gasteiger partial charge is 0.381 e. The van der Waals surface area contributed by atoms with Crippen LogP contribution >= 0.6 is 11.9 Å². The quantitative estimate of drug-likeness (QED) is 0.180. The number of hydrogen-bond donors (Lipinski definition) is 2. The second kappa shape index (κ2) is 12.7. The van der Waals surface area contributed by atoms with E-state index in [2.05, 4.69) is 38.9 Å². The first-order valence-corrected chi connectivity index (χ1v) is 13.8. The zero-order chi connectivity index (χ0) is 29.7. The molecular formula is C29H33N9O2S. The SMILES string of the molecule is C=C/C=N\c1c(C(=O)NC(C)c2cc3cccc(C#Cc4cnn(C)c4)c3c(=O)n2CCSN(C)C)c(N)nn1C. The Morgan fingerprint density at radius 3 is 2.78 bits per heavy atom. The third-order valence-electron chi connectivity index (χ3n) is 6.25. The number of aromatic nitrogens is 5. The fourth-order valence-corrected chi connectivity index (χ4v) is 5.05. The molecule has 3 N–H and O–H groups in total. The Morgan fingerprint density at radius 1 is 1.32 bits per heavy atom. The van der Waals surface area contributed by atoms with Gasteiger partial charge >= 0.3 is 0 Å². The van der Waals surface area contributed by atoms with Crippen LogP contribution in [0.5, 0.6) is 0 Å². The van der Waals surface area contributed by atoms with Gasteiger partial charge in [0.05, 0.1) is 23.2 Å². The van der Waals surface area contributed by atoms with Crippen LogP contribution in [0.25, 0.3) is 10.8 Å². The molecule has 0 saturated heterocycles. The second-order valence-corrected chi connectivity index (χ2v) is 10.9. The minimum absolute atomic E-state index is 0.0588. The Bertz CT molecular complexity index is 1750. The first kappa shape index (κ1) is 29.4. The third-order valence-corrected chi connectivity index (χ3v) is 7.13. The lowest BCUT2D eigenvalue weighted by atomic mass is 10.0. The summed E-state index contributed by atoms with van der Waals surface area (Å²) in [5.41, 5.74) is 8.09. The number of aryl methyl sites for hydroxylation is 2. The van der Waals surface area contributed by atoms with E-state index >= 15 is 0 Å². The van der Waals surface area contributed by atoms with Crippen LogP contribution in [0.1, 0.15) is 40.1 Å². The Morgan fingerprint density at radius 2 is 2.10 bits per heavy atom. The van der Waals surface area contributed by atoms with E-state index < -0.39 is 11.9 Å². The molecule has 3 heterocycles. The normalized spacial score (nSPS) is 12.0. The molecule has 0 aliphatic carbocycles. The van der Waals surface area contributed by atoms with Gasteiger partial charge in [-0.05, 0) is 38.5 Å². The molecule has 0 radical (unpaired) electrons. The first-order chi connectivity index (χ1) is 19.6. The zero-order valence-corrected chi connectivity index (χ0v) is 24.6. The molecule has 0 bridgehead atoms. The van der Waals surface area contributed by atoms with Gasteiger partial charge in [0.2, 0.25) is 0 Å². The molecule has 0 spiro atoms. The Hall–Kier alpha value is -4.60. The first-order valence-electron chi connectivity index (χ1n) is 12.9. The average Bonchev–Trinajstić information content (AvgIpc) is 3.47. The number of aliphatic imine (C=N–C) groups is 1. The van der Waals surface area contributed by atoms with Gasteiger partial charge in [-0.15, -0.1) is 0 Å². The minimum atomic E-state index is -0.537. The molecule has 0 saturated carbocycles. The van der Waals surface area contributed by atoms with Crippen molar-refractivity contribution in [3.63, 3.8) is 0 Å². The van der Waals surface area contributed by atoms with Crippen molar-refractivity contribution in [2.45, 2.75) is 19.5 Å². The number of benzene rings is 1. The van der Waals surface area contributed by atoms with E-state index in [1.807, 2.05) is 62.8 Å². The highest BCUT2D eigenvalue weighted by atomic mass is 32.2. The summed E-state index contributed by atoms with van der Waals surface area (Å²) >= 11 is 1.60. The fourth-order valence-electron chi connectivity index (χ4n) is 4.42. The number of nitrogens with zero attached hydrogens (tertiary/aromatic N) is 7. The molecule has 12 heteroatoms. The molecule has 0 fully saturated rings. The number of rotatable bonds is 9. The number of nitrogens with one attached hydrogen (secondary N) is 1. The van der Waals surface area contributed by atoms with Gasteiger partial charge in [0.25, 0.3) is 11.5 Å². The average molecular weight is 572 g/mol. The van der Waals surface area contributed by atoms with Gasteiger partial charge in [-0.1, -0.05) is 48.6 Å². The topological polar surface area (TPSA) is 128 Å². The number of fused-ring (bicyclic) bond motifs is 1. The van der Waals surface area contributed by atoms with Crippen LogP contribution in [0, 0.1) is 11.8 Å². The predicted octanol–water partition coefficient (Wildman–Crippen LogP) is 3.04. The van der Waals surface area contributed by atoms with Gasteiger partial charge in [0.1, 0.15) is 5.56 Å². The highest BCUT2D eigenvalue weighted by Gasteiger charge is 2.24. The molecule has 1 amide bonds. The van der Waals surface area contributed by atoms with E-state index in [-0.39, 0.29) is 16.9 Å². The summed E-state index contributed by atoms with van der Waals surface area (Å²) in [4.78, 5) is 31.7. The number of carbonyl (C=O) groups is 1. The van der Waals surface area contributed by atoms with Crippen molar-refractivity contribution in [1.82, 2.24) is 33.8 Å². The summed E-state index contributed by atoms with van der Waals surface area (Å²) in [6.07, 6.45) is 6.47. The summed E-state index contributed by atoms with van der Waals surface area (Å²) in [5.74, 6) is 6.83. The van der Waals surface area contributed by atoms with E-state index in [0.29, 0.717) is 34.8 Å². The number of amides is 1. The number of pyridine rings is 1. The molecule has 4 rings (SSSR count). The molecule has 3 aromatic heterocycles. The third kappa shape index (κ3) is 6.59. The van der Waals surface area contributed by atoms with Crippen LogP contribution in [-0.2, 0) is 20.6 Å². The van der Waals surface area contributed by atoms with Crippen molar-refractivity contribution in [2.75, 3.05) is 25.6 Å². The van der Waals surface area contributed by atoms with Crippen molar-refractivity contribution in [2.24, 2.45) is 19.1 Å². The lowest BCUT2D eigenvalue weighted by Crippen LogP contribution is -2.33. The highest BCUT2D eigenvalue weighted by Crippen LogP contribution is 2.26. The smallest absolute Gasteiger partial charge is 0.259 e. The van der Waals surface area contributed by atoms with E-state index in [0.717, 1.165) is 10.9 Å². The van der Waals surface area contributed by atoms with Gasteiger partial charge in [0.15, 0.2) is 11.6 Å².